The van der Waals surface area contributed by atoms with Crippen molar-refractivity contribution in [1.82, 2.24) is 9.88 Å². The Morgan fingerprint density at radius 2 is 2.00 bits per heavy atom. The summed E-state index contributed by atoms with van der Waals surface area (Å²) < 4.78 is 0. The van der Waals surface area contributed by atoms with E-state index in [0.717, 1.165) is 31.4 Å². The first-order valence-electron chi connectivity index (χ1n) is 6.55. The minimum Gasteiger partial charge on any atom is -0.331 e. The van der Waals surface area contributed by atoms with Crippen molar-refractivity contribution in [2.75, 3.05) is 0 Å². The summed E-state index contributed by atoms with van der Waals surface area (Å²) in [5.74, 6) is 0.0785. The minimum absolute atomic E-state index is 0.0785. The van der Waals surface area contributed by atoms with E-state index in [-0.39, 0.29) is 11.3 Å². The zero-order valence-electron chi connectivity index (χ0n) is 10.5. The molecule has 2 aliphatic rings. The Hall–Kier alpha value is -1.09. The lowest BCUT2D eigenvalue weighted by Gasteiger charge is -2.36. The molecule has 2 atom stereocenters. The van der Waals surface area contributed by atoms with Crippen molar-refractivity contribution in [3.8, 4) is 0 Å². The number of aromatic nitrogens is 1. The van der Waals surface area contributed by atoms with Crippen LogP contribution in [0.1, 0.15) is 41.9 Å². The number of aryl methyl sites for hydroxylation is 1. The van der Waals surface area contributed by atoms with E-state index in [4.69, 9.17) is 11.6 Å². The molecule has 0 spiro atoms. The summed E-state index contributed by atoms with van der Waals surface area (Å²) in [4.78, 5) is 18.9. The number of halogens is 1. The van der Waals surface area contributed by atoms with Gasteiger partial charge in [0.05, 0.1) is 0 Å². The number of carbonyl (C=O) groups excluding carboxylic acids is 1. The maximum atomic E-state index is 12.5. The molecule has 1 aromatic rings. The highest BCUT2D eigenvalue weighted by Crippen LogP contribution is 2.38. The van der Waals surface area contributed by atoms with E-state index in [1.165, 1.54) is 0 Å². The first-order chi connectivity index (χ1) is 8.65. The van der Waals surface area contributed by atoms with Crippen molar-refractivity contribution in [1.29, 1.82) is 0 Å². The van der Waals surface area contributed by atoms with Gasteiger partial charge in [0, 0.05) is 23.2 Å². The molecule has 3 rings (SSSR count). The molecule has 1 amide bonds. The summed E-state index contributed by atoms with van der Waals surface area (Å²) in [6.45, 7) is 1.91. The molecule has 18 heavy (non-hydrogen) atoms. The number of fused-ring (bicyclic) bond motifs is 2. The Bertz CT molecular complexity index is 463. The van der Waals surface area contributed by atoms with Gasteiger partial charge in [-0.15, -0.1) is 11.6 Å². The predicted octanol–water partition coefficient (Wildman–Crippen LogP) is 2.76. The maximum Gasteiger partial charge on any atom is 0.272 e. The van der Waals surface area contributed by atoms with Crippen LogP contribution in [0.25, 0.3) is 0 Å². The number of rotatable bonds is 1. The third kappa shape index (κ3) is 2.01. The number of pyridine rings is 1. The molecule has 1 aromatic heterocycles. The van der Waals surface area contributed by atoms with E-state index in [1.807, 2.05) is 30.0 Å². The predicted molar refractivity (Wildman–Crippen MR) is 70.8 cm³/mol. The van der Waals surface area contributed by atoms with E-state index in [9.17, 15) is 4.79 Å². The molecule has 96 valence electrons. The molecule has 0 saturated carbocycles. The van der Waals surface area contributed by atoms with Crippen LogP contribution in [0.4, 0.5) is 0 Å². The number of nitrogens with zero attached hydrogens (tertiary/aromatic N) is 2. The highest BCUT2D eigenvalue weighted by atomic mass is 35.5. The molecule has 0 aliphatic carbocycles. The number of hydrogen-bond acceptors (Lipinski definition) is 2. The highest BCUT2D eigenvalue weighted by Gasteiger charge is 2.43. The second kappa shape index (κ2) is 4.54. The zero-order chi connectivity index (χ0) is 12.7. The third-order valence-corrected chi connectivity index (χ3v) is 4.37. The van der Waals surface area contributed by atoms with Gasteiger partial charge in [0.15, 0.2) is 0 Å². The molecule has 2 saturated heterocycles. The fourth-order valence-electron chi connectivity index (χ4n) is 3.24. The van der Waals surface area contributed by atoms with Gasteiger partial charge in [-0.3, -0.25) is 4.79 Å². The van der Waals surface area contributed by atoms with E-state index >= 15 is 0 Å². The van der Waals surface area contributed by atoms with Crippen LogP contribution in [0.5, 0.6) is 0 Å². The van der Waals surface area contributed by atoms with Gasteiger partial charge in [0.2, 0.25) is 0 Å². The molecule has 2 bridgehead atoms. The Morgan fingerprint density at radius 3 is 2.61 bits per heavy atom. The molecule has 2 aliphatic heterocycles. The van der Waals surface area contributed by atoms with Crippen LogP contribution >= 0.6 is 11.6 Å². The lowest BCUT2D eigenvalue weighted by atomic mass is 10.0. The summed E-state index contributed by atoms with van der Waals surface area (Å²) in [5.41, 5.74) is 1.46. The molecule has 4 heteroatoms. The van der Waals surface area contributed by atoms with Crippen LogP contribution in [0, 0.1) is 6.92 Å². The van der Waals surface area contributed by atoms with E-state index in [1.54, 1.807) is 0 Å². The van der Waals surface area contributed by atoms with Gasteiger partial charge in [-0.05, 0) is 44.7 Å². The average Bonchev–Trinajstić information content (AvgIpc) is 2.61. The Kier molecular flexibility index (Phi) is 3.02. The van der Waals surface area contributed by atoms with Gasteiger partial charge in [-0.1, -0.05) is 6.07 Å². The van der Waals surface area contributed by atoms with Crippen molar-refractivity contribution >= 4 is 17.5 Å². The van der Waals surface area contributed by atoms with Crippen LogP contribution in [0.2, 0.25) is 0 Å². The Morgan fingerprint density at radius 1 is 1.33 bits per heavy atom. The van der Waals surface area contributed by atoms with Crippen LogP contribution < -0.4 is 0 Å². The van der Waals surface area contributed by atoms with Gasteiger partial charge >= 0.3 is 0 Å². The maximum absolute atomic E-state index is 12.5. The van der Waals surface area contributed by atoms with Gasteiger partial charge in [0.25, 0.3) is 5.91 Å². The van der Waals surface area contributed by atoms with E-state index in [2.05, 4.69) is 4.98 Å². The summed E-state index contributed by atoms with van der Waals surface area (Å²) in [6.07, 6.45) is 4.03. The molecule has 2 fully saturated rings. The average molecular weight is 265 g/mol. The summed E-state index contributed by atoms with van der Waals surface area (Å²) in [7, 11) is 0. The van der Waals surface area contributed by atoms with Crippen molar-refractivity contribution in [3.63, 3.8) is 0 Å². The van der Waals surface area contributed by atoms with Gasteiger partial charge < -0.3 is 4.90 Å². The first kappa shape index (κ1) is 12.0. The molecule has 0 aromatic carbocycles. The van der Waals surface area contributed by atoms with Crippen LogP contribution in [-0.4, -0.2) is 33.3 Å². The molecule has 3 nitrogen and oxygen atoms in total. The van der Waals surface area contributed by atoms with Crippen molar-refractivity contribution in [3.05, 3.63) is 29.6 Å². The van der Waals surface area contributed by atoms with Crippen LogP contribution in [0.3, 0.4) is 0 Å². The number of amides is 1. The normalized spacial score (nSPS) is 30.6. The molecule has 0 N–H and O–H groups in total. The van der Waals surface area contributed by atoms with Crippen molar-refractivity contribution in [2.24, 2.45) is 0 Å². The second-order valence-electron chi connectivity index (χ2n) is 5.33. The smallest absolute Gasteiger partial charge is 0.272 e. The first-order valence-corrected chi connectivity index (χ1v) is 6.99. The fourth-order valence-corrected chi connectivity index (χ4v) is 3.65. The highest BCUT2D eigenvalue weighted by molar-refractivity contribution is 6.20. The van der Waals surface area contributed by atoms with E-state index < -0.39 is 0 Å². The van der Waals surface area contributed by atoms with Crippen molar-refractivity contribution in [2.45, 2.75) is 50.1 Å². The number of hydrogen-bond donors (Lipinski definition) is 0. The summed E-state index contributed by atoms with van der Waals surface area (Å²) in [5, 5.41) is 0.233. The second-order valence-corrected chi connectivity index (χ2v) is 5.95. The quantitative estimate of drug-likeness (QED) is 0.731. The van der Waals surface area contributed by atoms with Gasteiger partial charge in [0.1, 0.15) is 5.69 Å². The molecule has 2 unspecified atom stereocenters. The monoisotopic (exact) mass is 264 g/mol. The number of alkyl halides is 1. The largest absolute Gasteiger partial charge is 0.331 e. The van der Waals surface area contributed by atoms with Gasteiger partial charge in [-0.25, -0.2) is 4.98 Å². The molecular weight excluding hydrogens is 248 g/mol. The molecule has 3 heterocycles. The summed E-state index contributed by atoms with van der Waals surface area (Å²) >= 11 is 6.23. The minimum atomic E-state index is 0.0785. The molecule has 0 radical (unpaired) electrons. The number of carbonyl (C=O) groups is 1. The topological polar surface area (TPSA) is 33.2 Å². The standard InChI is InChI=1S/C14H17ClN2O/c1-9-3-2-4-13(16-9)14(18)17-11-5-6-12(17)8-10(15)7-11/h2-4,10-12H,5-8H2,1H3. The van der Waals surface area contributed by atoms with Gasteiger partial charge in [-0.2, -0.15) is 0 Å². The zero-order valence-corrected chi connectivity index (χ0v) is 11.2. The van der Waals surface area contributed by atoms with Crippen LogP contribution in [-0.2, 0) is 0 Å². The van der Waals surface area contributed by atoms with Crippen molar-refractivity contribution < 1.29 is 4.79 Å². The van der Waals surface area contributed by atoms with E-state index in [0.29, 0.717) is 17.8 Å². The Labute approximate surface area is 112 Å². The lowest BCUT2D eigenvalue weighted by molar-refractivity contribution is 0.0593. The van der Waals surface area contributed by atoms with Crippen LogP contribution in [0.15, 0.2) is 18.2 Å². The lowest BCUT2D eigenvalue weighted by Crippen LogP contribution is -2.47. The fraction of sp³-hybridized carbons (Fsp3) is 0.571. The SMILES string of the molecule is Cc1cccc(C(=O)N2C3CCC2CC(Cl)C3)n1. The summed E-state index contributed by atoms with van der Waals surface area (Å²) in [6, 6.07) is 6.26. The number of piperidine rings is 1. The molecular formula is C14H17ClN2O. The Balaban J connectivity index is 1.85. The third-order valence-electron chi connectivity index (χ3n) is 4.02.